The molecule has 1 atom stereocenters. The molecule has 1 unspecified atom stereocenters. The van der Waals surface area contributed by atoms with Gasteiger partial charge in [0, 0.05) is 31.8 Å². The molecule has 2 rings (SSSR count). The summed E-state index contributed by atoms with van der Waals surface area (Å²) in [5, 5.41) is 12.7. The minimum absolute atomic E-state index is 0.263. The third kappa shape index (κ3) is 3.20. The molecular formula is C15H26N4O. The van der Waals surface area contributed by atoms with Crippen LogP contribution in [0.4, 0.5) is 11.6 Å². The molecule has 0 saturated carbocycles. The van der Waals surface area contributed by atoms with Crippen molar-refractivity contribution < 1.29 is 5.11 Å². The van der Waals surface area contributed by atoms with E-state index in [1.54, 1.807) is 6.33 Å². The van der Waals surface area contributed by atoms with Gasteiger partial charge < -0.3 is 15.3 Å². The zero-order valence-electron chi connectivity index (χ0n) is 12.8. The van der Waals surface area contributed by atoms with E-state index in [0.717, 1.165) is 44.1 Å². The summed E-state index contributed by atoms with van der Waals surface area (Å²) in [7, 11) is 0. The molecule has 0 radical (unpaired) electrons. The van der Waals surface area contributed by atoms with Gasteiger partial charge in [-0.3, -0.25) is 0 Å². The predicted octanol–water partition coefficient (Wildman–Crippen LogP) is 2.24. The van der Waals surface area contributed by atoms with Crippen LogP contribution in [0.1, 0.15) is 45.1 Å². The highest BCUT2D eigenvalue weighted by molar-refractivity contribution is 5.60. The van der Waals surface area contributed by atoms with Gasteiger partial charge in [-0.25, -0.2) is 9.97 Å². The van der Waals surface area contributed by atoms with E-state index in [9.17, 15) is 5.11 Å². The van der Waals surface area contributed by atoms with E-state index in [1.165, 1.54) is 5.56 Å². The molecule has 0 spiro atoms. The number of aromatic nitrogens is 2. The summed E-state index contributed by atoms with van der Waals surface area (Å²) >= 11 is 0. The van der Waals surface area contributed by atoms with E-state index in [0.29, 0.717) is 11.8 Å². The first-order chi connectivity index (χ1) is 9.67. The highest BCUT2D eigenvalue weighted by Crippen LogP contribution is 2.32. The number of aliphatic hydroxyl groups is 1. The number of hydrogen-bond donors (Lipinski definition) is 2. The Balaban J connectivity index is 2.32. The molecule has 1 aliphatic rings. The summed E-state index contributed by atoms with van der Waals surface area (Å²) in [6.07, 6.45) is 3.86. The summed E-state index contributed by atoms with van der Waals surface area (Å²) in [6.45, 7) is 9.45. The Morgan fingerprint density at radius 1 is 1.45 bits per heavy atom. The number of aliphatic hydroxyl groups excluding tert-OH is 1. The zero-order valence-corrected chi connectivity index (χ0v) is 12.8. The SMILES string of the molecule is CCNc1ncnc(N2CCCC(CO)C2)c1C(C)C. The van der Waals surface area contributed by atoms with Gasteiger partial charge in [0.25, 0.3) is 0 Å². The van der Waals surface area contributed by atoms with Crippen LogP contribution in [0.15, 0.2) is 6.33 Å². The molecule has 5 heteroatoms. The number of nitrogens with one attached hydrogen (secondary N) is 1. The maximum Gasteiger partial charge on any atom is 0.137 e. The molecule has 112 valence electrons. The topological polar surface area (TPSA) is 61.3 Å². The van der Waals surface area contributed by atoms with E-state index >= 15 is 0 Å². The Kier molecular flexibility index (Phi) is 5.17. The van der Waals surface area contributed by atoms with Crippen molar-refractivity contribution >= 4 is 11.6 Å². The molecule has 1 aliphatic heterocycles. The summed E-state index contributed by atoms with van der Waals surface area (Å²) < 4.78 is 0. The summed E-state index contributed by atoms with van der Waals surface area (Å²) in [5.74, 6) is 2.71. The van der Waals surface area contributed by atoms with Gasteiger partial charge in [0.1, 0.15) is 18.0 Å². The molecule has 1 saturated heterocycles. The maximum atomic E-state index is 9.40. The van der Waals surface area contributed by atoms with Crippen molar-refractivity contribution in [2.75, 3.05) is 36.5 Å². The Labute approximate surface area is 121 Å². The average Bonchev–Trinajstić information content (AvgIpc) is 2.47. The van der Waals surface area contributed by atoms with Crippen LogP contribution in [-0.2, 0) is 0 Å². The standard InChI is InChI=1S/C15H26N4O/c1-4-16-14-13(11(2)3)15(18-10-17-14)19-7-5-6-12(8-19)9-20/h10-12,20H,4-9H2,1-3H3,(H,16,17,18). The number of rotatable bonds is 5. The van der Waals surface area contributed by atoms with Gasteiger partial charge in [0.15, 0.2) is 0 Å². The van der Waals surface area contributed by atoms with Crippen LogP contribution in [0.5, 0.6) is 0 Å². The van der Waals surface area contributed by atoms with E-state index in [-0.39, 0.29) is 6.61 Å². The van der Waals surface area contributed by atoms with Crippen molar-refractivity contribution in [1.29, 1.82) is 0 Å². The molecule has 0 bridgehead atoms. The molecular weight excluding hydrogens is 252 g/mol. The average molecular weight is 278 g/mol. The first-order valence-electron chi connectivity index (χ1n) is 7.61. The quantitative estimate of drug-likeness (QED) is 0.865. The molecule has 2 N–H and O–H groups in total. The zero-order chi connectivity index (χ0) is 14.5. The molecule has 1 aromatic heterocycles. The van der Waals surface area contributed by atoms with Crippen molar-refractivity contribution in [3.8, 4) is 0 Å². The molecule has 5 nitrogen and oxygen atoms in total. The van der Waals surface area contributed by atoms with Gasteiger partial charge in [0.2, 0.25) is 0 Å². The van der Waals surface area contributed by atoms with Crippen LogP contribution in [0.3, 0.4) is 0 Å². The molecule has 0 amide bonds. The van der Waals surface area contributed by atoms with Crippen molar-refractivity contribution in [2.24, 2.45) is 5.92 Å². The maximum absolute atomic E-state index is 9.40. The first kappa shape index (κ1) is 15.0. The number of piperidine rings is 1. The Bertz CT molecular complexity index is 436. The van der Waals surface area contributed by atoms with Crippen LogP contribution in [0.25, 0.3) is 0 Å². The lowest BCUT2D eigenvalue weighted by atomic mass is 9.97. The monoisotopic (exact) mass is 278 g/mol. The van der Waals surface area contributed by atoms with E-state index in [2.05, 4.69) is 41.0 Å². The van der Waals surface area contributed by atoms with Crippen molar-refractivity contribution in [1.82, 2.24) is 9.97 Å². The highest BCUT2D eigenvalue weighted by atomic mass is 16.3. The molecule has 0 aromatic carbocycles. The number of hydrogen-bond acceptors (Lipinski definition) is 5. The Morgan fingerprint density at radius 3 is 2.90 bits per heavy atom. The second kappa shape index (κ2) is 6.88. The first-order valence-corrected chi connectivity index (χ1v) is 7.61. The fourth-order valence-corrected chi connectivity index (χ4v) is 2.88. The van der Waals surface area contributed by atoms with Crippen LogP contribution in [-0.4, -0.2) is 41.3 Å². The fourth-order valence-electron chi connectivity index (χ4n) is 2.88. The predicted molar refractivity (Wildman–Crippen MR) is 82.3 cm³/mol. The summed E-state index contributed by atoms with van der Waals surface area (Å²) in [6, 6.07) is 0. The fraction of sp³-hybridized carbons (Fsp3) is 0.733. The summed E-state index contributed by atoms with van der Waals surface area (Å²) in [4.78, 5) is 11.2. The molecule has 0 aliphatic carbocycles. The lowest BCUT2D eigenvalue weighted by Gasteiger charge is -2.34. The smallest absolute Gasteiger partial charge is 0.137 e. The van der Waals surface area contributed by atoms with Gasteiger partial charge in [-0.05, 0) is 31.6 Å². The van der Waals surface area contributed by atoms with E-state index < -0.39 is 0 Å². The van der Waals surface area contributed by atoms with Crippen LogP contribution in [0.2, 0.25) is 0 Å². The minimum Gasteiger partial charge on any atom is -0.396 e. The highest BCUT2D eigenvalue weighted by Gasteiger charge is 2.24. The lowest BCUT2D eigenvalue weighted by molar-refractivity contribution is 0.208. The number of anilines is 2. The van der Waals surface area contributed by atoms with Crippen LogP contribution in [0, 0.1) is 5.92 Å². The van der Waals surface area contributed by atoms with Gasteiger partial charge in [-0.2, -0.15) is 0 Å². The minimum atomic E-state index is 0.263. The Hall–Kier alpha value is -1.36. The van der Waals surface area contributed by atoms with Crippen molar-refractivity contribution in [3.63, 3.8) is 0 Å². The van der Waals surface area contributed by atoms with Crippen LogP contribution < -0.4 is 10.2 Å². The van der Waals surface area contributed by atoms with Gasteiger partial charge in [0.05, 0.1) is 0 Å². The van der Waals surface area contributed by atoms with E-state index in [4.69, 9.17) is 0 Å². The van der Waals surface area contributed by atoms with Crippen molar-refractivity contribution in [3.05, 3.63) is 11.9 Å². The third-order valence-electron chi connectivity index (χ3n) is 3.86. The van der Waals surface area contributed by atoms with Crippen LogP contribution >= 0.6 is 0 Å². The molecule has 1 fully saturated rings. The second-order valence-corrected chi connectivity index (χ2v) is 5.78. The van der Waals surface area contributed by atoms with Gasteiger partial charge in [-0.15, -0.1) is 0 Å². The second-order valence-electron chi connectivity index (χ2n) is 5.78. The molecule has 20 heavy (non-hydrogen) atoms. The molecule has 2 heterocycles. The summed E-state index contributed by atoms with van der Waals surface area (Å²) in [5.41, 5.74) is 1.19. The Morgan fingerprint density at radius 2 is 2.25 bits per heavy atom. The third-order valence-corrected chi connectivity index (χ3v) is 3.86. The van der Waals surface area contributed by atoms with E-state index in [1.807, 2.05) is 0 Å². The number of nitrogens with zero attached hydrogens (tertiary/aromatic N) is 3. The van der Waals surface area contributed by atoms with Crippen molar-refractivity contribution in [2.45, 2.75) is 39.5 Å². The molecule has 1 aromatic rings. The lowest BCUT2D eigenvalue weighted by Crippen LogP contribution is -2.38. The largest absolute Gasteiger partial charge is 0.396 e. The van der Waals surface area contributed by atoms with Gasteiger partial charge >= 0.3 is 0 Å². The van der Waals surface area contributed by atoms with Gasteiger partial charge in [-0.1, -0.05) is 13.8 Å². The normalized spacial score (nSPS) is 19.4.